The van der Waals surface area contributed by atoms with E-state index in [1.807, 2.05) is 42.6 Å². The molecule has 0 unspecified atom stereocenters. The number of ether oxygens (including phenoxy) is 1. The van der Waals surface area contributed by atoms with Crippen LogP contribution in [0.25, 0.3) is 27.8 Å². The van der Waals surface area contributed by atoms with Gasteiger partial charge in [-0.2, -0.15) is 14.5 Å². The standard InChI is InChI=1S/C25H27N9O3S/c1-3-38(35,36)33-10-8-32(9-11-33)22-7-6-19(13-23(22)37-2)29-24-25-26-16-28-34(25)15-21(30-24)17-4-5-18-14-27-31-20(18)12-17/h4-7,12-16H,3,8-11H2,1-2H3,(H,27,31)(H,29,30). The lowest BCUT2D eigenvalue weighted by molar-refractivity contribution is 0.379. The zero-order valence-corrected chi connectivity index (χ0v) is 21.8. The highest BCUT2D eigenvalue weighted by Gasteiger charge is 2.26. The molecule has 2 N–H and O–H groups in total. The van der Waals surface area contributed by atoms with Crippen molar-refractivity contribution in [3.05, 3.63) is 55.1 Å². The van der Waals surface area contributed by atoms with Gasteiger partial charge in [0, 0.05) is 48.9 Å². The molecule has 13 heteroatoms. The number of benzene rings is 2. The number of sulfonamides is 1. The minimum Gasteiger partial charge on any atom is -0.495 e. The van der Waals surface area contributed by atoms with Gasteiger partial charge in [0.2, 0.25) is 10.0 Å². The molecule has 1 aliphatic rings. The van der Waals surface area contributed by atoms with Crippen LogP contribution in [0.4, 0.5) is 17.2 Å². The third kappa shape index (κ3) is 4.39. The molecule has 6 rings (SSSR count). The molecule has 1 aliphatic heterocycles. The first-order chi connectivity index (χ1) is 18.4. The van der Waals surface area contributed by atoms with Gasteiger partial charge >= 0.3 is 0 Å². The predicted molar refractivity (Wildman–Crippen MR) is 145 cm³/mol. The van der Waals surface area contributed by atoms with Crippen LogP contribution < -0.4 is 15.0 Å². The molecule has 1 fully saturated rings. The average Bonchev–Trinajstić information content (AvgIpc) is 3.62. The fraction of sp³-hybridized carbons (Fsp3) is 0.280. The lowest BCUT2D eigenvalue weighted by atomic mass is 10.1. The third-order valence-electron chi connectivity index (χ3n) is 6.78. The van der Waals surface area contributed by atoms with E-state index in [1.54, 1.807) is 29.1 Å². The van der Waals surface area contributed by atoms with Gasteiger partial charge in [-0.25, -0.2) is 22.9 Å². The van der Waals surface area contributed by atoms with Crippen molar-refractivity contribution in [1.29, 1.82) is 0 Å². The molecule has 196 valence electrons. The fourth-order valence-corrected chi connectivity index (χ4v) is 5.78. The second kappa shape index (κ2) is 9.58. The van der Waals surface area contributed by atoms with E-state index in [-0.39, 0.29) is 5.75 Å². The zero-order valence-electron chi connectivity index (χ0n) is 21.0. The lowest BCUT2D eigenvalue weighted by Crippen LogP contribution is -2.49. The lowest BCUT2D eigenvalue weighted by Gasteiger charge is -2.35. The number of aromatic nitrogens is 6. The van der Waals surface area contributed by atoms with E-state index in [2.05, 4.69) is 30.5 Å². The summed E-state index contributed by atoms with van der Waals surface area (Å²) in [6.07, 6.45) is 5.11. The van der Waals surface area contributed by atoms with Gasteiger partial charge in [0.15, 0.2) is 11.5 Å². The highest BCUT2D eigenvalue weighted by molar-refractivity contribution is 7.89. The van der Waals surface area contributed by atoms with Crippen molar-refractivity contribution in [2.45, 2.75) is 6.92 Å². The largest absolute Gasteiger partial charge is 0.495 e. The van der Waals surface area contributed by atoms with Crippen molar-refractivity contribution in [2.24, 2.45) is 0 Å². The first-order valence-corrected chi connectivity index (χ1v) is 13.9. The smallest absolute Gasteiger partial charge is 0.213 e. The third-order valence-corrected chi connectivity index (χ3v) is 8.66. The Labute approximate surface area is 219 Å². The monoisotopic (exact) mass is 533 g/mol. The zero-order chi connectivity index (χ0) is 26.3. The summed E-state index contributed by atoms with van der Waals surface area (Å²) in [5, 5.41) is 15.8. The number of rotatable bonds is 7. The molecule has 2 aromatic carbocycles. The minimum atomic E-state index is -3.19. The van der Waals surface area contributed by atoms with Crippen molar-refractivity contribution in [3.63, 3.8) is 0 Å². The Morgan fingerprint density at radius 3 is 2.74 bits per heavy atom. The molecule has 3 aromatic heterocycles. The van der Waals surface area contributed by atoms with Crippen molar-refractivity contribution in [2.75, 3.05) is 49.3 Å². The van der Waals surface area contributed by atoms with E-state index in [9.17, 15) is 8.42 Å². The van der Waals surface area contributed by atoms with E-state index < -0.39 is 10.0 Å². The number of methoxy groups -OCH3 is 1. The maximum absolute atomic E-state index is 12.2. The molecule has 0 bridgehead atoms. The highest BCUT2D eigenvalue weighted by atomic mass is 32.2. The second-order valence-corrected chi connectivity index (χ2v) is 11.2. The molecule has 0 spiro atoms. The van der Waals surface area contributed by atoms with Gasteiger partial charge < -0.3 is 15.0 Å². The summed E-state index contributed by atoms with van der Waals surface area (Å²) in [5.41, 5.74) is 4.84. The van der Waals surface area contributed by atoms with Gasteiger partial charge in [-0.05, 0) is 25.1 Å². The predicted octanol–water partition coefficient (Wildman–Crippen LogP) is 2.89. The van der Waals surface area contributed by atoms with Crippen molar-refractivity contribution < 1.29 is 13.2 Å². The molecular formula is C25H27N9O3S. The molecule has 38 heavy (non-hydrogen) atoms. The Bertz CT molecular complexity index is 1720. The van der Waals surface area contributed by atoms with E-state index in [4.69, 9.17) is 9.72 Å². The number of hydrogen-bond acceptors (Lipinski definition) is 9. The molecule has 0 radical (unpaired) electrons. The fourth-order valence-electron chi connectivity index (χ4n) is 4.69. The average molecular weight is 534 g/mol. The molecule has 1 saturated heterocycles. The van der Waals surface area contributed by atoms with Crippen LogP contribution in [-0.2, 0) is 10.0 Å². The van der Waals surface area contributed by atoms with Gasteiger partial charge in [0.1, 0.15) is 12.1 Å². The van der Waals surface area contributed by atoms with E-state index >= 15 is 0 Å². The molecule has 0 amide bonds. The van der Waals surface area contributed by atoms with E-state index in [1.165, 1.54) is 6.33 Å². The summed E-state index contributed by atoms with van der Waals surface area (Å²) >= 11 is 0. The number of aromatic amines is 1. The molecule has 12 nitrogen and oxygen atoms in total. The molecule has 5 aromatic rings. The van der Waals surface area contributed by atoms with Crippen LogP contribution >= 0.6 is 0 Å². The van der Waals surface area contributed by atoms with Gasteiger partial charge in [-0.3, -0.25) is 5.10 Å². The number of piperazine rings is 1. The van der Waals surface area contributed by atoms with E-state index in [0.29, 0.717) is 43.4 Å². The molecule has 0 aliphatic carbocycles. The Morgan fingerprint density at radius 1 is 1.11 bits per heavy atom. The summed E-state index contributed by atoms with van der Waals surface area (Å²) in [4.78, 5) is 11.4. The number of anilines is 3. The van der Waals surface area contributed by atoms with Crippen LogP contribution in [-0.4, -0.2) is 81.5 Å². The summed E-state index contributed by atoms with van der Waals surface area (Å²) in [7, 11) is -1.56. The number of nitrogens with one attached hydrogen (secondary N) is 2. The summed E-state index contributed by atoms with van der Waals surface area (Å²) < 4.78 is 33.4. The van der Waals surface area contributed by atoms with Gasteiger partial charge in [0.05, 0.1) is 42.2 Å². The van der Waals surface area contributed by atoms with Crippen LogP contribution in [0, 0.1) is 0 Å². The quantitative estimate of drug-likeness (QED) is 0.324. The minimum absolute atomic E-state index is 0.114. The topological polar surface area (TPSA) is 134 Å². The number of fused-ring (bicyclic) bond motifs is 2. The van der Waals surface area contributed by atoms with Crippen LogP contribution in [0.5, 0.6) is 5.75 Å². The van der Waals surface area contributed by atoms with E-state index in [0.717, 1.165) is 33.5 Å². The molecular weight excluding hydrogens is 506 g/mol. The van der Waals surface area contributed by atoms with Crippen LogP contribution in [0.3, 0.4) is 0 Å². The number of H-pyrrole nitrogens is 1. The summed E-state index contributed by atoms with van der Waals surface area (Å²) in [5.74, 6) is 1.35. The first-order valence-electron chi connectivity index (χ1n) is 12.3. The Hall–Kier alpha value is -4.23. The molecule has 0 saturated carbocycles. The van der Waals surface area contributed by atoms with Crippen LogP contribution in [0.15, 0.2) is 55.1 Å². The SMILES string of the molecule is CCS(=O)(=O)N1CCN(c2ccc(Nc3nc(-c4ccc5cn[nH]c5c4)cn4ncnc34)cc2OC)CC1. The van der Waals surface area contributed by atoms with Crippen LogP contribution in [0.2, 0.25) is 0 Å². The normalized spacial score (nSPS) is 14.8. The molecule has 0 atom stereocenters. The number of nitrogens with zero attached hydrogens (tertiary/aromatic N) is 7. The Kier molecular flexibility index (Phi) is 6.08. The van der Waals surface area contributed by atoms with Gasteiger partial charge in [0.25, 0.3) is 0 Å². The maximum Gasteiger partial charge on any atom is 0.213 e. The summed E-state index contributed by atoms with van der Waals surface area (Å²) in [6.45, 7) is 3.75. The van der Waals surface area contributed by atoms with Gasteiger partial charge in [-0.15, -0.1) is 0 Å². The highest BCUT2D eigenvalue weighted by Crippen LogP contribution is 2.34. The summed E-state index contributed by atoms with van der Waals surface area (Å²) in [6, 6.07) is 11.8. The van der Waals surface area contributed by atoms with Gasteiger partial charge in [-0.1, -0.05) is 12.1 Å². The van der Waals surface area contributed by atoms with Crippen molar-refractivity contribution in [1.82, 2.24) is 34.1 Å². The Balaban J connectivity index is 1.28. The second-order valence-electron chi connectivity index (χ2n) is 8.97. The maximum atomic E-state index is 12.2. The number of hydrogen-bond donors (Lipinski definition) is 2. The molecule has 4 heterocycles. The van der Waals surface area contributed by atoms with Crippen LogP contribution in [0.1, 0.15) is 6.92 Å². The first kappa shape index (κ1) is 24.1. The van der Waals surface area contributed by atoms with Crippen molar-refractivity contribution in [3.8, 4) is 17.0 Å². The van der Waals surface area contributed by atoms with Crippen molar-refractivity contribution >= 4 is 43.8 Å². The Morgan fingerprint density at radius 2 is 1.95 bits per heavy atom.